The molecule has 2 atom stereocenters. The highest BCUT2D eigenvalue weighted by Gasteiger charge is 2.41. The summed E-state index contributed by atoms with van der Waals surface area (Å²) >= 11 is 0. The molecule has 3 aromatic rings. The van der Waals surface area contributed by atoms with Crippen LogP contribution >= 0.6 is 0 Å². The number of hydrogen-bond acceptors (Lipinski definition) is 3. The third-order valence-corrected chi connectivity index (χ3v) is 6.61. The van der Waals surface area contributed by atoms with Crippen LogP contribution in [0.25, 0.3) is 11.1 Å². The molecule has 0 radical (unpaired) electrons. The van der Waals surface area contributed by atoms with Crippen molar-refractivity contribution in [2.24, 2.45) is 5.92 Å². The van der Waals surface area contributed by atoms with Gasteiger partial charge < -0.3 is 9.84 Å². The lowest BCUT2D eigenvalue weighted by Gasteiger charge is -2.22. The summed E-state index contributed by atoms with van der Waals surface area (Å²) in [6.07, 6.45) is 0.640. The molecule has 1 amide bonds. The van der Waals surface area contributed by atoms with Crippen molar-refractivity contribution in [3.05, 3.63) is 95.6 Å². The van der Waals surface area contributed by atoms with Crippen molar-refractivity contribution in [2.45, 2.75) is 24.8 Å². The van der Waals surface area contributed by atoms with Crippen molar-refractivity contribution in [1.82, 2.24) is 4.90 Å². The minimum atomic E-state index is -0.978. The third-order valence-electron chi connectivity index (χ3n) is 6.61. The number of aliphatic carboxylic acids is 1. The SMILES string of the molecule is O=C(O)[C@@H]1C[C@H](Cc2ccccc2)CN1C(=O)OCC1c2ccccc2-c2ccccc21. The molecule has 1 saturated heterocycles. The number of carboxylic acid groups (broad SMARTS) is 1. The van der Waals surface area contributed by atoms with Gasteiger partial charge in [-0.25, -0.2) is 9.59 Å². The average Bonchev–Trinajstić information content (AvgIpc) is 3.38. The van der Waals surface area contributed by atoms with E-state index >= 15 is 0 Å². The van der Waals surface area contributed by atoms with E-state index in [9.17, 15) is 14.7 Å². The molecular weight excluding hydrogens is 402 g/mol. The summed E-state index contributed by atoms with van der Waals surface area (Å²) < 4.78 is 5.73. The number of carbonyl (C=O) groups is 2. The van der Waals surface area contributed by atoms with Crippen LogP contribution in [0.2, 0.25) is 0 Å². The van der Waals surface area contributed by atoms with E-state index < -0.39 is 18.1 Å². The maximum Gasteiger partial charge on any atom is 0.410 e. The Balaban J connectivity index is 1.30. The van der Waals surface area contributed by atoms with E-state index in [4.69, 9.17) is 4.74 Å². The molecule has 32 heavy (non-hydrogen) atoms. The zero-order valence-electron chi connectivity index (χ0n) is 17.7. The van der Waals surface area contributed by atoms with Crippen LogP contribution in [0.5, 0.6) is 0 Å². The van der Waals surface area contributed by atoms with E-state index in [0.717, 1.165) is 34.2 Å². The van der Waals surface area contributed by atoms with Crippen molar-refractivity contribution in [1.29, 1.82) is 0 Å². The van der Waals surface area contributed by atoms with Crippen molar-refractivity contribution in [3.63, 3.8) is 0 Å². The Morgan fingerprint density at radius 2 is 1.47 bits per heavy atom. The number of amides is 1. The summed E-state index contributed by atoms with van der Waals surface area (Å²) in [5, 5.41) is 9.71. The third kappa shape index (κ3) is 3.75. The molecule has 1 aliphatic heterocycles. The molecule has 5 rings (SSSR count). The highest BCUT2D eigenvalue weighted by Crippen LogP contribution is 2.44. The van der Waals surface area contributed by atoms with Gasteiger partial charge in [-0.15, -0.1) is 0 Å². The standard InChI is InChI=1S/C27H25NO4/c29-26(30)25-15-19(14-18-8-2-1-3-9-18)16-28(25)27(31)32-17-24-22-12-6-4-10-20(22)21-11-5-7-13-23(21)24/h1-13,19,24-25H,14-17H2,(H,29,30)/t19-,25-/m0/s1. The molecule has 162 valence electrons. The van der Waals surface area contributed by atoms with Gasteiger partial charge in [0.25, 0.3) is 0 Å². The molecule has 0 unspecified atom stereocenters. The number of hydrogen-bond donors (Lipinski definition) is 1. The first kappa shape index (κ1) is 20.3. The molecule has 1 aliphatic carbocycles. The lowest BCUT2D eigenvalue weighted by atomic mass is 9.97. The maximum atomic E-state index is 13.0. The fourth-order valence-electron chi connectivity index (χ4n) is 5.13. The summed E-state index contributed by atoms with van der Waals surface area (Å²) in [6, 6.07) is 25.5. The molecule has 0 saturated carbocycles. The Labute approximate surface area is 187 Å². The Morgan fingerprint density at radius 3 is 2.09 bits per heavy atom. The molecule has 0 bridgehead atoms. The number of rotatable bonds is 5. The first-order valence-electron chi connectivity index (χ1n) is 11.0. The Morgan fingerprint density at radius 1 is 0.875 bits per heavy atom. The minimum absolute atomic E-state index is 0.0441. The molecule has 2 aliphatic rings. The van der Waals surface area contributed by atoms with E-state index in [-0.39, 0.29) is 18.4 Å². The number of ether oxygens (including phenoxy) is 1. The smallest absolute Gasteiger partial charge is 0.410 e. The van der Waals surface area contributed by atoms with Crippen LogP contribution in [-0.2, 0) is 16.0 Å². The predicted octanol–water partition coefficient (Wildman–Crippen LogP) is 4.95. The lowest BCUT2D eigenvalue weighted by Crippen LogP contribution is -2.41. The van der Waals surface area contributed by atoms with Gasteiger partial charge in [0.05, 0.1) is 0 Å². The Bertz CT molecular complexity index is 1100. The second-order valence-electron chi connectivity index (χ2n) is 8.60. The zero-order valence-corrected chi connectivity index (χ0v) is 17.7. The molecule has 1 N–H and O–H groups in total. The largest absolute Gasteiger partial charge is 0.480 e. The Kier molecular flexibility index (Phi) is 5.39. The lowest BCUT2D eigenvalue weighted by molar-refractivity contribution is -0.141. The van der Waals surface area contributed by atoms with Gasteiger partial charge >= 0.3 is 12.1 Å². The number of likely N-dealkylation sites (tertiary alicyclic amines) is 1. The van der Waals surface area contributed by atoms with Gasteiger partial charge in [0.15, 0.2) is 0 Å². The van der Waals surface area contributed by atoms with Crippen LogP contribution < -0.4 is 0 Å². The monoisotopic (exact) mass is 427 g/mol. The Hall–Kier alpha value is -3.60. The van der Waals surface area contributed by atoms with E-state index in [1.165, 1.54) is 4.90 Å². The summed E-state index contributed by atoms with van der Waals surface area (Å²) in [6.45, 7) is 0.585. The van der Waals surface area contributed by atoms with Crippen molar-refractivity contribution in [2.75, 3.05) is 13.2 Å². The molecule has 5 nitrogen and oxygen atoms in total. The van der Waals surface area contributed by atoms with Crippen LogP contribution in [0.4, 0.5) is 4.79 Å². The van der Waals surface area contributed by atoms with E-state index in [0.29, 0.717) is 13.0 Å². The first-order chi connectivity index (χ1) is 15.6. The summed E-state index contributed by atoms with van der Waals surface area (Å²) in [5.41, 5.74) is 5.75. The van der Waals surface area contributed by atoms with Crippen LogP contribution in [0, 0.1) is 5.92 Å². The highest BCUT2D eigenvalue weighted by atomic mass is 16.6. The van der Waals surface area contributed by atoms with Crippen molar-refractivity contribution in [3.8, 4) is 11.1 Å². The maximum absolute atomic E-state index is 13.0. The normalized spacial score (nSPS) is 19.4. The summed E-state index contributed by atoms with van der Waals surface area (Å²) in [4.78, 5) is 26.2. The molecular formula is C27H25NO4. The highest BCUT2D eigenvalue weighted by molar-refractivity contribution is 5.81. The fourth-order valence-corrected chi connectivity index (χ4v) is 5.13. The van der Waals surface area contributed by atoms with Gasteiger partial charge in [-0.2, -0.15) is 0 Å². The van der Waals surface area contributed by atoms with E-state index in [1.807, 2.05) is 54.6 Å². The van der Waals surface area contributed by atoms with E-state index in [2.05, 4.69) is 24.3 Å². The fraction of sp³-hybridized carbons (Fsp3) is 0.259. The van der Waals surface area contributed by atoms with Gasteiger partial charge in [-0.3, -0.25) is 4.90 Å². The second-order valence-corrected chi connectivity index (χ2v) is 8.60. The van der Waals surface area contributed by atoms with Crippen LogP contribution in [-0.4, -0.2) is 41.3 Å². The predicted molar refractivity (Wildman–Crippen MR) is 121 cm³/mol. The average molecular weight is 428 g/mol. The molecule has 5 heteroatoms. The van der Waals surface area contributed by atoms with Gasteiger partial charge in [-0.1, -0.05) is 78.9 Å². The van der Waals surface area contributed by atoms with Crippen molar-refractivity contribution >= 4 is 12.1 Å². The minimum Gasteiger partial charge on any atom is -0.480 e. The number of fused-ring (bicyclic) bond motifs is 3. The number of carboxylic acids is 1. The molecule has 0 aromatic heterocycles. The van der Waals surface area contributed by atoms with Gasteiger partial charge in [0.2, 0.25) is 0 Å². The van der Waals surface area contributed by atoms with Crippen molar-refractivity contribution < 1.29 is 19.4 Å². The quantitative estimate of drug-likeness (QED) is 0.625. The second kappa shape index (κ2) is 8.50. The zero-order chi connectivity index (χ0) is 22.1. The van der Waals surface area contributed by atoms with Crippen LogP contribution in [0.1, 0.15) is 29.0 Å². The van der Waals surface area contributed by atoms with Gasteiger partial charge in [0, 0.05) is 12.5 Å². The topological polar surface area (TPSA) is 66.8 Å². The number of carbonyl (C=O) groups excluding carboxylic acids is 1. The van der Waals surface area contributed by atoms with Gasteiger partial charge in [-0.05, 0) is 46.6 Å². The molecule has 1 fully saturated rings. The van der Waals surface area contributed by atoms with Crippen LogP contribution in [0.3, 0.4) is 0 Å². The summed E-state index contributed by atoms with van der Waals surface area (Å²) in [5.74, 6) is -0.926. The molecule has 1 heterocycles. The number of benzene rings is 3. The molecule has 3 aromatic carbocycles. The molecule has 0 spiro atoms. The van der Waals surface area contributed by atoms with Gasteiger partial charge in [0.1, 0.15) is 12.6 Å². The summed E-state index contributed by atoms with van der Waals surface area (Å²) in [7, 11) is 0. The number of nitrogens with zero attached hydrogens (tertiary/aromatic N) is 1. The first-order valence-corrected chi connectivity index (χ1v) is 11.0. The van der Waals surface area contributed by atoms with E-state index in [1.54, 1.807) is 0 Å². The van der Waals surface area contributed by atoms with Crippen LogP contribution in [0.15, 0.2) is 78.9 Å².